The number of carboxylic acid groups (broad SMARTS) is 1. The van der Waals surface area contributed by atoms with Crippen molar-refractivity contribution in [1.29, 1.82) is 0 Å². The average Bonchev–Trinajstić information content (AvgIpc) is 3.17. The quantitative estimate of drug-likeness (QED) is 0.756. The SMILES string of the molecule is CCCCC(=O)Nc1ccc(N2CC[C@@H](c3ccccc3)C2)c(C(=O)O)c1. The fourth-order valence-electron chi connectivity index (χ4n) is 3.60. The monoisotopic (exact) mass is 366 g/mol. The highest BCUT2D eigenvalue weighted by atomic mass is 16.4. The minimum Gasteiger partial charge on any atom is -0.478 e. The Hall–Kier alpha value is -2.82. The Morgan fingerprint density at radius 1 is 1.19 bits per heavy atom. The van der Waals surface area contributed by atoms with Gasteiger partial charge in [0.05, 0.1) is 11.3 Å². The number of carbonyl (C=O) groups is 2. The van der Waals surface area contributed by atoms with Gasteiger partial charge in [0.25, 0.3) is 0 Å². The number of hydrogen-bond donors (Lipinski definition) is 2. The van der Waals surface area contributed by atoms with E-state index >= 15 is 0 Å². The van der Waals surface area contributed by atoms with E-state index in [4.69, 9.17) is 0 Å². The molecule has 27 heavy (non-hydrogen) atoms. The van der Waals surface area contributed by atoms with Crippen LogP contribution in [0.1, 0.15) is 54.4 Å². The zero-order chi connectivity index (χ0) is 19.2. The molecule has 0 bridgehead atoms. The summed E-state index contributed by atoms with van der Waals surface area (Å²) >= 11 is 0. The summed E-state index contributed by atoms with van der Waals surface area (Å²) in [6.45, 7) is 3.65. The minimum atomic E-state index is -0.974. The summed E-state index contributed by atoms with van der Waals surface area (Å²) < 4.78 is 0. The third-order valence-corrected chi connectivity index (χ3v) is 5.07. The lowest BCUT2D eigenvalue weighted by atomic mass is 9.99. The van der Waals surface area contributed by atoms with Crippen LogP contribution >= 0.6 is 0 Å². The molecule has 0 aliphatic carbocycles. The summed E-state index contributed by atoms with van der Waals surface area (Å²) in [5.74, 6) is -0.648. The van der Waals surface area contributed by atoms with Crippen LogP contribution in [0.5, 0.6) is 0 Å². The number of hydrogen-bond acceptors (Lipinski definition) is 3. The second-order valence-corrected chi connectivity index (χ2v) is 7.03. The van der Waals surface area contributed by atoms with Crippen LogP contribution in [0.25, 0.3) is 0 Å². The van der Waals surface area contributed by atoms with Gasteiger partial charge in [0, 0.05) is 31.1 Å². The maximum absolute atomic E-state index is 11.9. The molecule has 1 saturated heterocycles. The molecule has 0 unspecified atom stereocenters. The van der Waals surface area contributed by atoms with Gasteiger partial charge < -0.3 is 15.3 Å². The molecule has 1 fully saturated rings. The predicted molar refractivity (Wildman–Crippen MR) is 108 cm³/mol. The summed E-state index contributed by atoms with van der Waals surface area (Å²) in [5.41, 5.74) is 2.78. The highest BCUT2D eigenvalue weighted by molar-refractivity contribution is 5.98. The third kappa shape index (κ3) is 4.67. The van der Waals surface area contributed by atoms with Gasteiger partial charge in [-0.3, -0.25) is 4.79 Å². The summed E-state index contributed by atoms with van der Waals surface area (Å²) in [5, 5.41) is 12.5. The first-order chi connectivity index (χ1) is 13.1. The number of carbonyl (C=O) groups excluding carboxylic acids is 1. The maximum Gasteiger partial charge on any atom is 0.337 e. The van der Waals surface area contributed by atoms with Crippen LogP contribution in [0, 0.1) is 0 Å². The van der Waals surface area contributed by atoms with Gasteiger partial charge in [0.2, 0.25) is 5.91 Å². The summed E-state index contributed by atoms with van der Waals surface area (Å²) in [6.07, 6.45) is 3.22. The fraction of sp³-hybridized carbons (Fsp3) is 0.364. The first-order valence-electron chi connectivity index (χ1n) is 9.55. The van der Waals surface area contributed by atoms with Crippen molar-refractivity contribution in [1.82, 2.24) is 0 Å². The topological polar surface area (TPSA) is 69.6 Å². The van der Waals surface area contributed by atoms with Crippen LogP contribution in [-0.4, -0.2) is 30.1 Å². The van der Waals surface area contributed by atoms with Gasteiger partial charge in [-0.05, 0) is 36.6 Å². The number of amides is 1. The smallest absolute Gasteiger partial charge is 0.337 e. The number of anilines is 2. The van der Waals surface area contributed by atoms with Crippen molar-refractivity contribution in [3.05, 3.63) is 59.7 Å². The van der Waals surface area contributed by atoms with Gasteiger partial charge in [-0.2, -0.15) is 0 Å². The molecule has 0 radical (unpaired) electrons. The average molecular weight is 366 g/mol. The molecule has 1 aliphatic heterocycles. The van der Waals surface area contributed by atoms with Gasteiger partial charge >= 0.3 is 5.97 Å². The number of benzene rings is 2. The fourth-order valence-corrected chi connectivity index (χ4v) is 3.60. The van der Waals surface area contributed by atoms with Crippen molar-refractivity contribution in [2.24, 2.45) is 0 Å². The molecule has 1 amide bonds. The Balaban J connectivity index is 1.75. The normalized spacial score (nSPS) is 16.3. The van der Waals surface area contributed by atoms with Gasteiger partial charge in [-0.25, -0.2) is 4.79 Å². The van der Waals surface area contributed by atoms with E-state index in [1.54, 1.807) is 12.1 Å². The minimum absolute atomic E-state index is 0.0775. The molecule has 1 atom stereocenters. The van der Waals surface area contributed by atoms with E-state index in [1.807, 2.05) is 31.2 Å². The zero-order valence-corrected chi connectivity index (χ0v) is 15.6. The summed E-state index contributed by atoms with van der Waals surface area (Å²) in [7, 11) is 0. The molecule has 2 aromatic rings. The Morgan fingerprint density at radius 3 is 2.67 bits per heavy atom. The van der Waals surface area contributed by atoms with Crippen LogP contribution in [0.4, 0.5) is 11.4 Å². The molecule has 142 valence electrons. The molecule has 1 heterocycles. The summed E-state index contributed by atoms with van der Waals surface area (Å²) in [4.78, 5) is 25.9. The van der Waals surface area contributed by atoms with E-state index in [1.165, 1.54) is 5.56 Å². The van der Waals surface area contributed by atoms with Gasteiger partial charge in [-0.15, -0.1) is 0 Å². The van der Waals surface area contributed by atoms with Crippen LogP contribution in [0.3, 0.4) is 0 Å². The Bertz CT molecular complexity index is 804. The first kappa shape index (κ1) is 19.0. The third-order valence-electron chi connectivity index (χ3n) is 5.07. The predicted octanol–water partition coefficient (Wildman–Crippen LogP) is 4.51. The highest BCUT2D eigenvalue weighted by Crippen LogP contribution is 2.33. The van der Waals surface area contributed by atoms with Crippen LogP contribution < -0.4 is 10.2 Å². The van der Waals surface area contributed by atoms with Gasteiger partial charge in [0.1, 0.15) is 0 Å². The molecule has 2 N–H and O–H groups in total. The number of carboxylic acids is 1. The van der Waals surface area contributed by atoms with Crippen molar-refractivity contribution in [2.45, 2.75) is 38.5 Å². The Labute approximate surface area is 160 Å². The van der Waals surface area contributed by atoms with E-state index in [0.717, 1.165) is 32.4 Å². The number of unbranched alkanes of at least 4 members (excludes halogenated alkanes) is 1. The molecule has 1 aliphatic rings. The molecular formula is C22H26N2O3. The van der Waals surface area contributed by atoms with Gasteiger partial charge in [0.15, 0.2) is 0 Å². The largest absolute Gasteiger partial charge is 0.478 e. The van der Waals surface area contributed by atoms with Crippen LogP contribution in [0.15, 0.2) is 48.5 Å². The lowest BCUT2D eigenvalue weighted by molar-refractivity contribution is -0.116. The van der Waals surface area contributed by atoms with E-state index in [9.17, 15) is 14.7 Å². The first-order valence-corrected chi connectivity index (χ1v) is 9.55. The lowest BCUT2D eigenvalue weighted by Gasteiger charge is -2.21. The molecule has 2 aromatic carbocycles. The number of aromatic carboxylic acids is 1. The standard InChI is InChI=1S/C22H26N2O3/c1-2-3-9-21(25)23-18-10-11-20(19(14-18)22(26)27)24-13-12-17(15-24)16-7-5-4-6-8-16/h4-8,10-11,14,17H,2-3,9,12-13,15H2,1H3,(H,23,25)(H,26,27)/t17-/m1/s1. The number of rotatable bonds is 7. The van der Waals surface area contributed by atoms with Crippen LogP contribution in [-0.2, 0) is 4.79 Å². The number of nitrogens with zero attached hydrogens (tertiary/aromatic N) is 1. The van der Waals surface area contributed by atoms with Crippen molar-refractivity contribution < 1.29 is 14.7 Å². The summed E-state index contributed by atoms with van der Waals surface area (Å²) in [6, 6.07) is 15.5. The molecule has 0 spiro atoms. The van der Waals surface area contributed by atoms with E-state index in [-0.39, 0.29) is 11.5 Å². The molecule has 0 saturated carbocycles. The van der Waals surface area contributed by atoms with Crippen LogP contribution in [0.2, 0.25) is 0 Å². The molecule has 5 nitrogen and oxygen atoms in total. The second kappa shape index (κ2) is 8.71. The van der Waals surface area contributed by atoms with Crippen molar-refractivity contribution in [3.8, 4) is 0 Å². The van der Waals surface area contributed by atoms with Crippen molar-refractivity contribution in [3.63, 3.8) is 0 Å². The van der Waals surface area contributed by atoms with E-state index in [0.29, 0.717) is 23.7 Å². The zero-order valence-electron chi connectivity index (χ0n) is 15.6. The lowest BCUT2D eigenvalue weighted by Crippen LogP contribution is -2.22. The van der Waals surface area contributed by atoms with Crippen molar-refractivity contribution >= 4 is 23.3 Å². The van der Waals surface area contributed by atoms with Crippen molar-refractivity contribution in [2.75, 3.05) is 23.3 Å². The Morgan fingerprint density at radius 2 is 1.96 bits per heavy atom. The molecule has 3 rings (SSSR count). The van der Waals surface area contributed by atoms with Gasteiger partial charge in [-0.1, -0.05) is 43.7 Å². The molecular weight excluding hydrogens is 340 g/mol. The maximum atomic E-state index is 11.9. The molecule has 5 heteroatoms. The van der Waals surface area contributed by atoms with E-state index in [2.05, 4.69) is 22.3 Å². The second-order valence-electron chi connectivity index (χ2n) is 7.03. The van der Waals surface area contributed by atoms with E-state index < -0.39 is 5.97 Å². The Kier molecular flexibility index (Phi) is 6.12. The highest BCUT2D eigenvalue weighted by Gasteiger charge is 2.27. The number of nitrogens with one attached hydrogen (secondary N) is 1. The molecule has 0 aromatic heterocycles.